The van der Waals surface area contributed by atoms with E-state index in [9.17, 15) is 9.59 Å². The molecule has 0 saturated carbocycles. The number of methoxy groups -OCH3 is 2. The number of allylic oxidation sites excluding steroid dienone is 1. The maximum absolute atomic E-state index is 14.1. The highest BCUT2D eigenvalue weighted by Crippen LogP contribution is 2.43. The van der Waals surface area contributed by atoms with Crippen LogP contribution in [0.15, 0.2) is 112 Å². The van der Waals surface area contributed by atoms with Crippen molar-refractivity contribution in [3.8, 4) is 17.2 Å². The van der Waals surface area contributed by atoms with Crippen LogP contribution in [0.5, 0.6) is 17.2 Å². The topological polar surface area (TPSA) is 79.1 Å². The minimum Gasteiger partial charge on any atom is -0.497 e. The lowest BCUT2D eigenvalue weighted by Gasteiger charge is -2.31. The number of aryl methyl sites for hydroxylation is 1. The number of carbonyl (C=O) groups is 1. The number of rotatable bonds is 6. The standard InChI is InChI=1S/C36H28N2O5S/c1-41-25-18-13-24(14-19-25)35(40)43-26-16-11-22(12-17-26)21-31-34(39)38-33(28-9-5-6-10-30(28)42-2)29-20-15-23-7-3-4-8-27(23)32(29)37-36(38)44-31/h3-14,16-19,21,33H,15,20H2,1-2H3/b31-21-/t33-/m1/s1. The lowest BCUT2D eigenvalue weighted by molar-refractivity contribution is 0.0734. The number of para-hydroxylation sites is 1. The first-order valence-corrected chi connectivity index (χ1v) is 15.1. The molecule has 0 unspecified atom stereocenters. The normalized spacial score (nSPS) is 15.5. The summed E-state index contributed by atoms with van der Waals surface area (Å²) in [6.07, 6.45) is 3.55. The van der Waals surface area contributed by atoms with Crippen molar-refractivity contribution >= 4 is 29.1 Å². The van der Waals surface area contributed by atoms with Gasteiger partial charge in [0.2, 0.25) is 0 Å². The molecule has 1 aromatic heterocycles. The van der Waals surface area contributed by atoms with Crippen LogP contribution in [0.4, 0.5) is 0 Å². The number of esters is 1. The van der Waals surface area contributed by atoms with Crippen molar-refractivity contribution in [2.45, 2.75) is 18.9 Å². The van der Waals surface area contributed by atoms with Crippen LogP contribution in [0.1, 0.15) is 45.1 Å². The second kappa shape index (κ2) is 11.5. The van der Waals surface area contributed by atoms with Crippen LogP contribution in [-0.2, 0) is 6.42 Å². The van der Waals surface area contributed by atoms with Gasteiger partial charge in [-0.15, -0.1) is 0 Å². The van der Waals surface area contributed by atoms with Crippen LogP contribution < -0.4 is 29.1 Å². The summed E-state index contributed by atoms with van der Waals surface area (Å²) in [5, 5.41) is 0. The van der Waals surface area contributed by atoms with Crippen molar-refractivity contribution in [3.63, 3.8) is 0 Å². The van der Waals surface area contributed by atoms with Gasteiger partial charge in [0.05, 0.1) is 36.1 Å². The molecule has 0 saturated heterocycles. The molecule has 0 amide bonds. The van der Waals surface area contributed by atoms with Gasteiger partial charge in [0, 0.05) is 11.1 Å². The second-order valence-electron chi connectivity index (χ2n) is 10.5. The Kier molecular flexibility index (Phi) is 7.20. The van der Waals surface area contributed by atoms with E-state index in [1.165, 1.54) is 16.9 Å². The summed E-state index contributed by atoms with van der Waals surface area (Å²) in [6, 6.07) is 29.8. The summed E-state index contributed by atoms with van der Waals surface area (Å²) >= 11 is 1.37. The summed E-state index contributed by atoms with van der Waals surface area (Å²) in [5.74, 6) is 1.34. The average Bonchev–Trinajstić information content (AvgIpc) is 3.38. The van der Waals surface area contributed by atoms with Gasteiger partial charge in [0.15, 0.2) is 4.80 Å². The van der Waals surface area contributed by atoms with E-state index in [1.54, 1.807) is 50.6 Å². The van der Waals surface area contributed by atoms with Crippen molar-refractivity contribution in [1.82, 2.24) is 4.57 Å². The van der Waals surface area contributed by atoms with E-state index in [1.807, 2.05) is 53.1 Å². The Morgan fingerprint density at radius 2 is 1.59 bits per heavy atom. The van der Waals surface area contributed by atoms with Crippen molar-refractivity contribution in [2.24, 2.45) is 4.99 Å². The lowest BCUT2D eigenvalue weighted by atomic mass is 9.83. The third-order valence-corrected chi connectivity index (χ3v) is 9.00. The Bertz CT molecular complexity index is 2110. The van der Waals surface area contributed by atoms with E-state index in [2.05, 4.69) is 18.2 Å². The fraction of sp³-hybridized carbons (Fsp3) is 0.139. The summed E-state index contributed by atoms with van der Waals surface area (Å²) in [7, 11) is 3.23. The Balaban J connectivity index is 1.27. The van der Waals surface area contributed by atoms with Gasteiger partial charge in [-0.25, -0.2) is 9.79 Å². The SMILES string of the molecule is COc1ccc(C(=O)Oc2ccc(/C=c3\sc4n(c3=O)[C@H](c3ccccc3OC)C3=C(N=4)c4ccccc4CC3)cc2)cc1. The summed E-state index contributed by atoms with van der Waals surface area (Å²) in [6.45, 7) is 0. The van der Waals surface area contributed by atoms with Gasteiger partial charge in [-0.2, -0.15) is 0 Å². The van der Waals surface area contributed by atoms with Crippen molar-refractivity contribution in [3.05, 3.63) is 150 Å². The molecule has 7 nitrogen and oxygen atoms in total. The summed E-state index contributed by atoms with van der Waals surface area (Å²) in [5.41, 5.74) is 6.51. The fourth-order valence-corrected chi connectivity index (χ4v) is 6.87. The molecule has 0 N–H and O–H groups in total. The Morgan fingerprint density at radius 1 is 0.864 bits per heavy atom. The van der Waals surface area contributed by atoms with E-state index >= 15 is 0 Å². The summed E-state index contributed by atoms with van der Waals surface area (Å²) < 4.78 is 18.8. The second-order valence-corrected chi connectivity index (χ2v) is 11.6. The fourth-order valence-electron chi connectivity index (χ4n) is 5.87. The minimum atomic E-state index is -0.462. The number of thiazole rings is 1. The maximum Gasteiger partial charge on any atom is 0.343 e. The molecule has 4 aromatic carbocycles. The molecule has 0 fully saturated rings. The molecule has 2 aliphatic rings. The molecule has 1 aliphatic carbocycles. The molecule has 1 atom stereocenters. The zero-order valence-electron chi connectivity index (χ0n) is 24.2. The molecule has 1 aliphatic heterocycles. The Morgan fingerprint density at radius 3 is 2.36 bits per heavy atom. The molecule has 5 aromatic rings. The van der Waals surface area contributed by atoms with Crippen LogP contribution in [0.3, 0.4) is 0 Å². The first kappa shape index (κ1) is 27.6. The number of carbonyl (C=O) groups excluding carboxylic acids is 1. The van der Waals surface area contributed by atoms with Crippen LogP contribution >= 0.6 is 11.3 Å². The van der Waals surface area contributed by atoms with E-state index in [-0.39, 0.29) is 11.6 Å². The van der Waals surface area contributed by atoms with Gasteiger partial charge in [-0.05, 0) is 78.1 Å². The number of fused-ring (bicyclic) bond motifs is 3. The number of benzene rings is 4. The smallest absolute Gasteiger partial charge is 0.343 e. The predicted octanol–water partition coefficient (Wildman–Crippen LogP) is 5.56. The number of aromatic nitrogens is 1. The highest BCUT2D eigenvalue weighted by molar-refractivity contribution is 7.07. The van der Waals surface area contributed by atoms with Crippen LogP contribution in [0.2, 0.25) is 0 Å². The minimum absolute atomic E-state index is 0.106. The quantitative estimate of drug-likeness (QED) is 0.189. The van der Waals surface area contributed by atoms with E-state index in [4.69, 9.17) is 19.2 Å². The Labute approximate surface area is 257 Å². The zero-order valence-corrected chi connectivity index (χ0v) is 25.0. The monoisotopic (exact) mass is 600 g/mol. The first-order valence-electron chi connectivity index (χ1n) is 14.3. The highest BCUT2D eigenvalue weighted by atomic mass is 32.1. The average molecular weight is 601 g/mol. The van der Waals surface area contributed by atoms with E-state index in [0.717, 1.165) is 46.6 Å². The molecule has 2 heterocycles. The molecule has 8 heteroatoms. The largest absolute Gasteiger partial charge is 0.497 e. The third-order valence-electron chi connectivity index (χ3n) is 8.02. The Hall–Kier alpha value is -5.21. The van der Waals surface area contributed by atoms with Gasteiger partial charge in [-0.3, -0.25) is 9.36 Å². The molecule has 7 rings (SSSR count). The van der Waals surface area contributed by atoms with Crippen molar-refractivity contribution in [1.29, 1.82) is 0 Å². The van der Waals surface area contributed by atoms with Crippen molar-refractivity contribution in [2.75, 3.05) is 14.2 Å². The van der Waals surface area contributed by atoms with Crippen molar-refractivity contribution < 1.29 is 19.0 Å². The van der Waals surface area contributed by atoms with Gasteiger partial charge >= 0.3 is 5.97 Å². The van der Waals surface area contributed by atoms with Crippen LogP contribution in [-0.4, -0.2) is 24.8 Å². The van der Waals surface area contributed by atoms with Crippen LogP contribution in [0, 0.1) is 0 Å². The molecular formula is C36H28N2O5S. The van der Waals surface area contributed by atoms with E-state index in [0.29, 0.717) is 26.4 Å². The third kappa shape index (κ3) is 4.93. The number of hydrogen-bond donors (Lipinski definition) is 0. The predicted molar refractivity (Wildman–Crippen MR) is 170 cm³/mol. The number of nitrogens with zero attached hydrogens (tertiary/aromatic N) is 2. The van der Waals surface area contributed by atoms with Crippen LogP contribution in [0.25, 0.3) is 11.8 Å². The van der Waals surface area contributed by atoms with E-state index < -0.39 is 5.97 Å². The molecule has 0 radical (unpaired) electrons. The molecule has 44 heavy (non-hydrogen) atoms. The molecule has 218 valence electrons. The number of ether oxygens (including phenoxy) is 3. The summed E-state index contributed by atoms with van der Waals surface area (Å²) in [4.78, 5) is 32.4. The molecule has 0 spiro atoms. The highest BCUT2D eigenvalue weighted by Gasteiger charge is 2.34. The van der Waals surface area contributed by atoms with Gasteiger partial charge in [-0.1, -0.05) is 65.9 Å². The van der Waals surface area contributed by atoms with Gasteiger partial charge < -0.3 is 14.2 Å². The molecule has 0 bridgehead atoms. The zero-order chi connectivity index (χ0) is 30.2. The maximum atomic E-state index is 14.1. The lowest BCUT2D eigenvalue weighted by Crippen LogP contribution is -2.38. The number of hydrogen-bond acceptors (Lipinski definition) is 7. The van der Waals surface area contributed by atoms with Gasteiger partial charge in [0.25, 0.3) is 5.56 Å². The van der Waals surface area contributed by atoms with Gasteiger partial charge in [0.1, 0.15) is 17.2 Å². The first-order chi connectivity index (χ1) is 21.5. The molecular weight excluding hydrogens is 572 g/mol.